The highest BCUT2D eigenvalue weighted by molar-refractivity contribution is 5.93. The summed E-state index contributed by atoms with van der Waals surface area (Å²) >= 11 is 0. The van der Waals surface area contributed by atoms with E-state index in [4.69, 9.17) is 0 Å². The molecule has 1 N–H and O–H groups in total. The molecule has 2 aliphatic heterocycles. The van der Waals surface area contributed by atoms with E-state index >= 15 is 0 Å². The zero-order valence-corrected chi connectivity index (χ0v) is 15.6. The van der Waals surface area contributed by atoms with Gasteiger partial charge in [0, 0.05) is 44.1 Å². The van der Waals surface area contributed by atoms with Crippen LogP contribution < -0.4 is 5.32 Å². The summed E-state index contributed by atoms with van der Waals surface area (Å²) in [5.74, 6) is -0.0316. The van der Waals surface area contributed by atoms with E-state index in [9.17, 15) is 9.59 Å². The number of urea groups is 1. The molecule has 4 rings (SSSR count). The minimum absolute atomic E-state index is 0.0316. The summed E-state index contributed by atoms with van der Waals surface area (Å²) in [6.45, 7) is 4.98. The van der Waals surface area contributed by atoms with Gasteiger partial charge in [0.05, 0.1) is 0 Å². The number of nitrogens with zero attached hydrogens (tertiary/aromatic N) is 4. The number of carbonyl (C=O) groups is 2. The van der Waals surface area contributed by atoms with Crippen LogP contribution >= 0.6 is 0 Å². The van der Waals surface area contributed by atoms with Gasteiger partial charge in [0.25, 0.3) is 5.91 Å². The molecule has 1 aromatic carbocycles. The summed E-state index contributed by atoms with van der Waals surface area (Å²) < 4.78 is 1.96. The molecule has 142 valence electrons. The normalized spacial score (nSPS) is 16.8. The van der Waals surface area contributed by atoms with Crippen molar-refractivity contribution in [1.29, 1.82) is 0 Å². The van der Waals surface area contributed by atoms with Crippen LogP contribution in [0.4, 0.5) is 10.5 Å². The zero-order valence-electron chi connectivity index (χ0n) is 15.6. The van der Waals surface area contributed by atoms with Crippen molar-refractivity contribution in [3.8, 4) is 0 Å². The van der Waals surface area contributed by atoms with E-state index in [0.717, 1.165) is 42.8 Å². The standard InChI is InChI=1S/C20H25N5O2/c1-15-6-2-3-8-17(15)21-20(27)24-12-10-23(11-13-24)19(26)18-14-16-7-4-5-9-25(16)22-18/h2-3,6,8,14H,4-5,7,9-13H2,1H3,(H,21,27). The van der Waals surface area contributed by atoms with Crippen LogP contribution in [0.3, 0.4) is 0 Å². The van der Waals surface area contributed by atoms with Gasteiger partial charge in [0.2, 0.25) is 0 Å². The SMILES string of the molecule is Cc1ccccc1NC(=O)N1CCN(C(=O)c2cc3n(n2)CCCC3)CC1. The Morgan fingerprint density at radius 1 is 1.00 bits per heavy atom. The Labute approximate surface area is 158 Å². The number of nitrogens with one attached hydrogen (secondary N) is 1. The van der Waals surface area contributed by atoms with Crippen LogP contribution in [-0.2, 0) is 13.0 Å². The van der Waals surface area contributed by atoms with Crippen LogP contribution in [0.15, 0.2) is 30.3 Å². The van der Waals surface area contributed by atoms with E-state index < -0.39 is 0 Å². The number of para-hydroxylation sites is 1. The first kappa shape index (κ1) is 17.6. The molecule has 1 saturated heterocycles. The maximum absolute atomic E-state index is 12.8. The summed E-state index contributed by atoms with van der Waals surface area (Å²) in [7, 11) is 0. The molecule has 3 amide bonds. The molecule has 1 fully saturated rings. The van der Waals surface area contributed by atoms with Crippen molar-refractivity contribution in [2.75, 3.05) is 31.5 Å². The van der Waals surface area contributed by atoms with Crippen molar-refractivity contribution in [3.05, 3.63) is 47.3 Å². The molecule has 0 radical (unpaired) electrons. The lowest BCUT2D eigenvalue weighted by Gasteiger charge is -2.34. The number of piperazine rings is 1. The Morgan fingerprint density at radius 2 is 1.74 bits per heavy atom. The molecule has 0 aliphatic carbocycles. The van der Waals surface area contributed by atoms with Crippen LogP contribution in [0.5, 0.6) is 0 Å². The van der Waals surface area contributed by atoms with E-state index in [0.29, 0.717) is 31.9 Å². The lowest BCUT2D eigenvalue weighted by molar-refractivity contribution is 0.0665. The third-order valence-electron chi connectivity index (χ3n) is 5.38. The van der Waals surface area contributed by atoms with Crippen LogP contribution in [-0.4, -0.2) is 57.7 Å². The fourth-order valence-corrected chi connectivity index (χ4v) is 3.70. The quantitative estimate of drug-likeness (QED) is 0.887. The van der Waals surface area contributed by atoms with E-state index in [-0.39, 0.29) is 11.9 Å². The number of amides is 3. The number of rotatable bonds is 2. The average molecular weight is 367 g/mol. The monoisotopic (exact) mass is 367 g/mol. The second-order valence-corrected chi connectivity index (χ2v) is 7.23. The number of hydrogen-bond acceptors (Lipinski definition) is 3. The number of carbonyl (C=O) groups excluding carboxylic acids is 2. The first-order chi connectivity index (χ1) is 13.1. The van der Waals surface area contributed by atoms with Crippen LogP contribution in [0, 0.1) is 6.92 Å². The smallest absolute Gasteiger partial charge is 0.321 e. The van der Waals surface area contributed by atoms with Crippen LogP contribution in [0.2, 0.25) is 0 Å². The number of fused-ring (bicyclic) bond motifs is 1. The van der Waals surface area contributed by atoms with E-state index in [1.807, 2.05) is 41.9 Å². The summed E-state index contributed by atoms with van der Waals surface area (Å²) in [6, 6.07) is 9.53. The van der Waals surface area contributed by atoms with Gasteiger partial charge in [-0.25, -0.2) is 4.79 Å². The lowest BCUT2D eigenvalue weighted by atomic mass is 10.1. The third-order valence-corrected chi connectivity index (χ3v) is 5.38. The van der Waals surface area contributed by atoms with Gasteiger partial charge in [-0.15, -0.1) is 0 Å². The highest BCUT2D eigenvalue weighted by Gasteiger charge is 2.27. The summed E-state index contributed by atoms with van der Waals surface area (Å²) in [4.78, 5) is 28.8. The molecule has 2 aliphatic rings. The average Bonchev–Trinajstić information content (AvgIpc) is 3.13. The number of aryl methyl sites for hydroxylation is 3. The molecule has 2 aromatic rings. The molecule has 7 heteroatoms. The third kappa shape index (κ3) is 3.67. The fraction of sp³-hybridized carbons (Fsp3) is 0.450. The largest absolute Gasteiger partial charge is 0.334 e. The second-order valence-electron chi connectivity index (χ2n) is 7.23. The van der Waals surface area contributed by atoms with Gasteiger partial charge in [0.1, 0.15) is 0 Å². The molecular weight excluding hydrogens is 342 g/mol. The fourth-order valence-electron chi connectivity index (χ4n) is 3.70. The Hall–Kier alpha value is -2.83. The Morgan fingerprint density at radius 3 is 2.48 bits per heavy atom. The lowest BCUT2D eigenvalue weighted by Crippen LogP contribution is -2.51. The summed E-state index contributed by atoms with van der Waals surface area (Å²) in [5, 5.41) is 7.43. The Balaban J connectivity index is 1.34. The molecule has 1 aromatic heterocycles. The van der Waals surface area contributed by atoms with Gasteiger partial charge in [-0.1, -0.05) is 18.2 Å². The van der Waals surface area contributed by atoms with Gasteiger partial charge in [-0.3, -0.25) is 9.48 Å². The number of hydrogen-bond donors (Lipinski definition) is 1. The van der Waals surface area contributed by atoms with Gasteiger partial charge >= 0.3 is 6.03 Å². The minimum Gasteiger partial charge on any atom is -0.334 e. The molecule has 0 spiro atoms. The number of anilines is 1. The van der Waals surface area contributed by atoms with Crippen LogP contribution in [0.25, 0.3) is 0 Å². The van der Waals surface area contributed by atoms with Crippen molar-refractivity contribution in [1.82, 2.24) is 19.6 Å². The maximum atomic E-state index is 12.8. The predicted octanol–water partition coefficient (Wildman–Crippen LogP) is 2.52. The van der Waals surface area contributed by atoms with Gasteiger partial charge < -0.3 is 15.1 Å². The molecule has 0 bridgehead atoms. The predicted molar refractivity (Wildman–Crippen MR) is 103 cm³/mol. The Bertz CT molecular complexity index is 828. The zero-order chi connectivity index (χ0) is 18.8. The number of benzene rings is 1. The van der Waals surface area contributed by atoms with Crippen LogP contribution in [0.1, 0.15) is 34.6 Å². The van der Waals surface area contributed by atoms with Gasteiger partial charge in [-0.05, 0) is 43.9 Å². The van der Waals surface area contributed by atoms with Crippen molar-refractivity contribution >= 4 is 17.6 Å². The number of aromatic nitrogens is 2. The Kier molecular flexibility index (Phi) is 4.83. The second kappa shape index (κ2) is 7.42. The summed E-state index contributed by atoms with van der Waals surface area (Å²) in [6.07, 6.45) is 3.28. The van der Waals surface area contributed by atoms with Gasteiger partial charge in [-0.2, -0.15) is 5.10 Å². The van der Waals surface area contributed by atoms with Crippen molar-refractivity contribution in [2.24, 2.45) is 0 Å². The van der Waals surface area contributed by atoms with Crippen molar-refractivity contribution in [3.63, 3.8) is 0 Å². The molecule has 0 saturated carbocycles. The van der Waals surface area contributed by atoms with Crippen molar-refractivity contribution in [2.45, 2.75) is 32.7 Å². The molecular formula is C20H25N5O2. The van der Waals surface area contributed by atoms with Gasteiger partial charge in [0.15, 0.2) is 5.69 Å². The molecule has 0 unspecified atom stereocenters. The van der Waals surface area contributed by atoms with E-state index in [2.05, 4.69) is 10.4 Å². The molecule has 3 heterocycles. The maximum Gasteiger partial charge on any atom is 0.321 e. The van der Waals surface area contributed by atoms with E-state index in [1.165, 1.54) is 0 Å². The summed E-state index contributed by atoms with van der Waals surface area (Å²) in [5.41, 5.74) is 3.54. The molecule has 27 heavy (non-hydrogen) atoms. The first-order valence-corrected chi connectivity index (χ1v) is 9.59. The highest BCUT2D eigenvalue weighted by Crippen LogP contribution is 2.18. The molecule has 7 nitrogen and oxygen atoms in total. The highest BCUT2D eigenvalue weighted by atomic mass is 16.2. The minimum atomic E-state index is -0.117. The first-order valence-electron chi connectivity index (χ1n) is 9.59. The molecule has 0 atom stereocenters. The van der Waals surface area contributed by atoms with Crippen molar-refractivity contribution < 1.29 is 9.59 Å². The topological polar surface area (TPSA) is 70.5 Å². The van der Waals surface area contributed by atoms with E-state index in [1.54, 1.807) is 9.80 Å².